The van der Waals surface area contributed by atoms with Crippen molar-refractivity contribution in [3.8, 4) is 11.3 Å². The Bertz CT molecular complexity index is 576. The predicted molar refractivity (Wildman–Crippen MR) is 77.1 cm³/mol. The number of imidazole rings is 1. The highest BCUT2D eigenvalue weighted by Gasteiger charge is 2.12. The van der Waals surface area contributed by atoms with Crippen LogP contribution in [0.5, 0.6) is 0 Å². The van der Waals surface area contributed by atoms with E-state index in [2.05, 4.69) is 45.0 Å². The summed E-state index contributed by atoms with van der Waals surface area (Å²) < 4.78 is 0.627. The van der Waals surface area contributed by atoms with Crippen LogP contribution in [0.15, 0.2) is 29.0 Å². The van der Waals surface area contributed by atoms with Crippen molar-refractivity contribution in [2.24, 2.45) is 0 Å². The van der Waals surface area contributed by atoms with E-state index >= 15 is 0 Å². The fourth-order valence-corrected chi connectivity index (χ4v) is 2.34. The number of carbonyl (C=O) groups is 1. The maximum atomic E-state index is 10.7. The number of nitrogens with one attached hydrogen (secondary N) is 1. The number of rotatable bonds is 5. The molecular weight excluding hydrogens is 308 g/mol. The minimum absolute atomic E-state index is 0.0919. The quantitative estimate of drug-likeness (QED) is 0.886. The van der Waals surface area contributed by atoms with Crippen LogP contribution >= 0.6 is 15.9 Å². The summed E-state index contributed by atoms with van der Waals surface area (Å²) in [4.78, 5) is 18.1. The van der Waals surface area contributed by atoms with Crippen LogP contribution in [-0.2, 0) is 17.6 Å². The second-order valence-electron chi connectivity index (χ2n) is 4.30. The summed E-state index contributed by atoms with van der Waals surface area (Å²) in [7, 11) is 0. The molecule has 0 aliphatic heterocycles. The smallest absolute Gasteiger partial charge is 0.303 e. The van der Waals surface area contributed by atoms with Gasteiger partial charge < -0.3 is 10.1 Å². The highest BCUT2D eigenvalue weighted by atomic mass is 79.9. The third-order valence-electron chi connectivity index (χ3n) is 2.97. The summed E-state index contributed by atoms with van der Waals surface area (Å²) in [6.45, 7) is 2.11. The fraction of sp³-hybridized carbons (Fsp3) is 0.286. The van der Waals surface area contributed by atoms with Crippen LogP contribution in [0, 0.1) is 0 Å². The number of hydrogen-bond donors (Lipinski definition) is 2. The Kier molecular flexibility index (Phi) is 4.37. The zero-order chi connectivity index (χ0) is 13.8. The zero-order valence-electron chi connectivity index (χ0n) is 10.6. The molecule has 0 atom stereocenters. The van der Waals surface area contributed by atoms with Gasteiger partial charge in [-0.2, -0.15) is 0 Å². The Morgan fingerprint density at radius 2 is 2.05 bits per heavy atom. The molecule has 0 spiro atoms. The number of benzene rings is 1. The number of carboxylic acid groups (broad SMARTS) is 1. The van der Waals surface area contributed by atoms with Gasteiger partial charge in [-0.15, -0.1) is 0 Å². The Hall–Kier alpha value is -1.62. The average molecular weight is 323 g/mol. The summed E-state index contributed by atoms with van der Waals surface area (Å²) in [6.07, 6.45) is 1.53. The molecule has 1 heterocycles. The average Bonchev–Trinajstić information content (AvgIpc) is 2.78. The third-order valence-corrected chi connectivity index (χ3v) is 3.35. The standard InChI is InChI=1S/C14H15BrN2O2/c1-2-9-3-5-10(6-4-9)13-11(7-8-12(18)19)16-14(15)17-13/h3-6H,2,7-8H2,1H3,(H,16,17)(H,18,19). The molecule has 2 aromatic rings. The van der Waals surface area contributed by atoms with Gasteiger partial charge in [0.1, 0.15) is 0 Å². The molecule has 0 saturated heterocycles. The normalized spacial score (nSPS) is 10.6. The van der Waals surface area contributed by atoms with Gasteiger partial charge in [-0.05, 0) is 27.9 Å². The summed E-state index contributed by atoms with van der Waals surface area (Å²) in [5, 5.41) is 8.77. The van der Waals surface area contributed by atoms with E-state index in [1.165, 1.54) is 5.56 Å². The van der Waals surface area contributed by atoms with Gasteiger partial charge in [0, 0.05) is 17.7 Å². The number of aliphatic carboxylic acids is 1. The number of H-pyrrole nitrogens is 1. The first-order valence-corrected chi connectivity index (χ1v) is 6.95. The largest absolute Gasteiger partial charge is 0.481 e. The lowest BCUT2D eigenvalue weighted by Gasteiger charge is -2.03. The number of nitrogens with zero attached hydrogens (tertiary/aromatic N) is 1. The first-order valence-electron chi connectivity index (χ1n) is 6.15. The summed E-state index contributed by atoms with van der Waals surface area (Å²) in [5.74, 6) is -0.807. The third kappa shape index (κ3) is 3.44. The zero-order valence-corrected chi connectivity index (χ0v) is 12.2. The molecule has 1 aromatic heterocycles. The number of aromatic nitrogens is 2. The summed E-state index contributed by atoms with van der Waals surface area (Å²) in [6, 6.07) is 8.18. The predicted octanol–water partition coefficient (Wildman–Crippen LogP) is 3.42. The van der Waals surface area contributed by atoms with Gasteiger partial charge in [0.15, 0.2) is 4.73 Å². The van der Waals surface area contributed by atoms with Crippen LogP contribution < -0.4 is 0 Å². The number of aryl methyl sites for hydroxylation is 2. The molecule has 2 rings (SSSR count). The molecule has 2 N–H and O–H groups in total. The fourth-order valence-electron chi connectivity index (χ4n) is 1.93. The van der Waals surface area contributed by atoms with E-state index in [-0.39, 0.29) is 6.42 Å². The molecule has 0 unspecified atom stereocenters. The van der Waals surface area contributed by atoms with Crippen LogP contribution in [0.4, 0.5) is 0 Å². The number of halogens is 1. The lowest BCUT2D eigenvalue weighted by molar-refractivity contribution is -0.136. The number of carboxylic acids is 1. The van der Waals surface area contributed by atoms with Crippen LogP contribution in [0.3, 0.4) is 0 Å². The second kappa shape index (κ2) is 6.02. The van der Waals surface area contributed by atoms with Crippen molar-refractivity contribution in [2.75, 3.05) is 0 Å². The Morgan fingerprint density at radius 1 is 1.37 bits per heavy atom. The van der Waals surface area contributed by atoms with Gasteiger partial charge in [-0.1, -0.05) is 31.2 Å². The van der Waals surface area contributed by atoms with Gasteiger partial charge in [0.25, 0.3) is 0 Å². The molecule has 0 fully saturated rings. The van der Waals surface area contributed by atoms with Gasteiger partial charge in [0.05, 0.1) is 12.1 Å². The monoisotopic (exact) mass is 322 g/mol. The van der Waals surface area contributed by atoms with Crippen molar-refractivity contribution in [3.05, 3.63) is 40.3 Å². The number of hydrogen-bond acceptors (Lipinski definition) is 2. The minimum atomic E-state index is -0.807. The van der Waals surface area contributed by atoms with Crippen LogP contribution in [0.25, 0.3) is 11.3 Å². The van der Waals surface area contributed by atoms with Crippen LogP contribution in [0.2, 0.25) is 0 Å². The molecule has 1 aromatic carbocycles. The van der Waals surface area contributed by atoms with Crippen molar-refractivity contribution in [2.45, 2.75) is 26.2 Å². The van der Waals surface area contributed by atoms with Crippen LogP contribution in [0.1, 0.15) is 24.6 Å². The maximum Gasteiger partial charge on any atom is 0.303 e. The molecule has 0 radical (unpaired) electrons. The molecule has 19 heavy (non-hydrogen) atoms. The van der Waals surface area contributed by atoms with Gasteiger partial charge in [-0.25, -0.2) is 4.98 Å². The Balaban J connectivity index is 2.29. The van der Waals surface area contributed by atoms with Crippen LogP contribution in [-0.4, -0.2) is 21.0 Å². The highest BCUT2D eigenvalue weighted by Crippen LogP contribution is 2.25. The topological polar surface area (TPSA) is 66.0 Å². The lowest BCUT2D eigenvalue weighted by Crippen LogP contribution is -1.99. The van der Waals surface area contributed by atoms with E-state index in [1.54, 1.807) is 0 Å². The molecule has 4 nitrogen and oxygen atoms in total. The van der Waals surface area contributed by atoms with Crippen molar-refractivity contribution in [1.29, 1.82) is 0 Å². The minimum Gasteiger partial charge on any atom is -0.481 e. The molecule has 0 saturated carbocycles. The van der Waals surface area contributed by atoms with E-state index in [0.717, 1.165) is 23.4 Å². The summed E-state index contributed by atoms with van der Waals surface area (Å²) in [5.41, 5.74) is 3.93. The van der Waals surface area contributed by atoms with Crippen molar-refractivity contribution in [3.63, 3.8) is 0 Å². The molecule has 0 bridgehead atoms. The van der Waals surface area contributed by atoms with Crippen molar-refractivity contribution < 1.29 is 9.90 Å². The number of aromatic amines is 1. The van der Waals surface area contributed by atoms with E-state index < -0.39 is 5.97 Å². The molecule has 100 valence electrons. The Labute approximate surface area is 120 Å². The summed E-state index contributed by atoms with van der Waals surface area (Å²) >= 11 is 3.30. The second-order valence-corrected chi connectivity index (χ2v) is 5.05. The van der Waals surface area contributed by atoms with E-state index in [0.29, 0.717) is 11.2 Å². The van der Waals surface area contributed by atoms with Gasteiger partial charge >= 0.3 is 5.97 Å². The first kappa shape index (κ1) is 13.8. The van der Waals surface area contributed by atoms with E-state index in [4.69, 9.17) is 5.11 Å². The van der Waals surface area contributed by atoms with E-state index in [1.807, 2.05) is 12.1 Å². The first-order chi connectivity index (χ1) is 9.10. The molecule has 0 aliphatic carbocycles. The molecule has 5 heteroatoms. The van der Waals surface area contributed by atoms with Gasteiger partial charge in [0.2, 0.25) is 0 Å². The Morgan fingerprint density at radius 3 is 2.63 bits per heavy atom. The van der Waals surface area contributed by atoms with Crippen molar-refractivity contribution in [1.82, 2.24) is 9.97 Å². The van der Waals surface area contributed by atoms with E-state index in [9.17, 15) is 4.79 Å². The highest BCUT2D eigenvalue weighted by molar-refractivity contribution is 9.10. The van der Waals surface area contributed by atoms with Gasteiger partial charge in [-0.3, -0.25) is 4.79 Å². The molecular formula is C14H15BrN2O2. The van der Waals surface area contributed by atoms with Crippen molar-refractivity contribution >= 4 is 21.9 Å². The SMILES string of the molecule is CCc1ccc(-c2nc(Br)[nH]c2CCC(=O)O)cc1. The lowest BCUT2D eigenvalue weighted by atomic mass is 10.0. The molecule has 0 aliphatic rings. The maximum absolute atomic E-state index is 10.7. The molecule has 0 amide bonds.